The van der Waals surface area contributed by atoms with Crippen molar-refractivity contribution in [3.8, 4) is 0 Å². The van der Waals surface area contributed by atoms with Crippen LogP contribution in [0.15, 0.2) is 12.1 Å². The van der Waals surface area contributed by atoms with Gasteiger partial charge >= 0.3 is 12.0 Å². The second-order valence-electron chi connectivity index (χ2n) is 3.41. The Hall–Kier alpha value is -1.46. The maximum absolute atomic E-state index is 11.5. The Morgan fingerprint density at radius 2 is 1.76 bits per heavy atom. The molecule has 2 N–H and O–H groups in total. The van der Waals surface area contributed by atoms with Gasteiger partial charge < -0.3 is 15.3 Å². The predicted molar refractivity (Wildman–Crippen MR) is 66.1 cm³/mol. The average molecular weight is 277 g/mol. The summed E-state index contributed by atoms with van der Waals surface area (Å²) in [5, 5.41) is 11.5. The molecule has 0 heterocycles. The fraction of sp³-hybridized carbons (Fsp3) is 0.200. The van der Waals surface area contributed by atoms with E-state index in [-0.39, 0.29) is 21.3 Å². The highest BCUT2D eigenvalue weighted by Gasteiger charge is 2.19. The number of carbonyl (C=O) groups is 2. The number of anilines is 1. The van der Waals surface area contributed by atoms with Crippen molar-refractivity contribution in [1.29, 1.82) is 0 Å². The second kappa shape index (κ2) is 5.25. The molecule has 0 fully saturated rings. The molecule has 17 heavy (non-hydrogen) atoms. The maximum Gasteiger partial charge on any atom is 0.339 e. The topological polar surface area (TPSA) is 69.6 Å². The van der Waals surface area contributed by atoms with Gasteiger partial charge in [0.2, 0.25) is 0 Å². The van der Waals surface area contributed by atoms with Crippen molar-refractivity contribution in [3.63, 3.8) is 0 Å². The molecule has 0 saturated carbocycles. The van der Waals surface area contributed by atoms with Gasteiger partial charge in [0.15, 0.2) is 0 Å². The van der Waals surface area contributed by atoms with E-state index in [1.807, 2.05) is 0 Å². The van der Waals surface area contributed by atoms with E-state index in [0.717, 1.165) is 0 Å². The molecular weight excluding hydrogens is 267 g/mol. The molecule has 0 unspecified atom stereocenters. The van der Waals surface area contributed by atoms with Crippen LogP contribution in [0.4, 0.5) is 10.5 Å². The molecule has 0 bridgehead atoms. The number of hydrogen-bond donors (Lipinski definition) is 2. The fourth-order valence-electron chi connectivity index (χ4n) is 1.10. The van der Waals surface area contributed by atoms with Crippen LogP contribution >= 0.6 is 23.2 Å². The summed E-state index contributed by atoms with van der Waals surface area (Å²) >= 11 is 11.6. The number of halogens is 2. The summed E-state index contributed by atoms with van der Waals surface area (Å²) < 4.78 is 0. The summed E-state index contributed by atoms with van der Waals surface area (Å²) in [5.74, 6) is -1.26. The summed E-state index contributed by atoms with van der Waals surface area (Å²) in [4.78, 5) is 23.8. The van der Waals surface area contributed by atoms with Crippen molar-refractivity contribution in [2.75, 3.05) is 19.4 Å². The zero-order valence-electron chi connectivity index (χ0n) is 9.12. The number of nitrogens with one attached hydrogen (secondary N) is 1. The van der Waals surface area contributed by atoms with Gasteiger partial charge in [-0.2, -0.15) is 0 Å². The molecule has 0 aromatic heterocycles. The number of nitrogens with zero attached hydrogens (tertiary/aromatic N) is 1. The molecule has 0 aliphatic heterocycles. The van der Waals surface area contributed by atoms with Crippen LogP contribution in [-0.4, -0.2) is 36.1 Å². The van der Waals surface area contributed by atoms with Crippen molar-refractivity contribution >= 4 is 40.9 Å². The minimum atomic E-state index is -1.26. The first-order chi connectivity index (χ1) is 7.84. The lowest BCUT2D eigenvalue weighted by Crippen LogP contribution is -2.28. The van der Waals surface area contributed by atoms with E-state index in [9.17, 15) is 9.59 Å². The third kappa shape index (κ3) is 3.01. The van der Waals surface area contributed by atoms with E-state index in [0.29, 0.717) is 0 Å². The SMILES string of the molecule is CN(C)C(=O)Nc1c(Cl)ccc(Cl)c1C(=O)O. The lowest BCUT2D eigenvalue weighted by Gasteiger charge is -2.15. The molecule has 0 radical (unpaired) electrons. The standard InChI is InChI=1S/C10H10Cl2N2O3/c1-14(2)10(17)13-8-6(12)4-3-5(11)7(8)9(15)16/h3-4H,1-2H3,(H,13,17)(H,15,16). The highest BCUT2D eigenvalue weighted by molar-refractivity contribution is 6.38. The lowest BCUT2D eigenvalue weighted by atomic mass is 10.2. The Kier molecular flexibility index (Phi) is 4.20. The number of carboxylic acids is 1. The minimum Gasteiger partial charge on any atom is -0.478 e. The molecule has 1 rings (SSSR count). The number of aromatic carboxylic acids is 1. The van der Waals surface area contributed by atoms with Crippen LogP contribution in [0.25, 0.3) is 0 Å². The largest absolute Gasteiger partial charge is 0.478 e. The number of hydrogen-bond acceptors (Lipinski definition) is 2. The summed E-state index contributed by atoms with van der Waals surface area (Å²) in [7, 11) is 3.04. The summed E-state index contributed by atoms with van der Waals surface area (Å²) in [6, 6.07) is 2.29. The zero-order valence-corrected chi connectivity index (χ0v) is 10.6. The van der Waals surface area contributed by atoms with Crippen molar-refractivity contribution in [1.82, 2.24) is 4.90 Å². The number of carbonyl (C=O) groups excluding carboxylic acids is 1. The highest BCUT2D eigenvalue weighted by atomic mass is 35.5. The molecule has 1 aromatic carbocycles. The molecule has 0 atom stereocenters. The van der Waals surface area contributed by atoms with Crippen molar-refractivity contribution in [3.05, 3.63) is 27.7 Å². The molecule has 0 spiro atoms. The van der Waals surface area contributed by atoms with E-state index in [4.69, 9.17) is 28.3 Å². The predicted octanol–water partition coefficient (Wildman–Crippen LogP) is 2.79. The molecule has 0 aliphatic carbocycles. The van der Waals surface area contributed by atoms with E-state index >= 15 is 0 Å². The van der Waals surface area contributed by atoms with Crippen molar-refractivity contribution in [2.45, 2.75) is 0 Å². The maximum atomic E-state index is 11.5. The third-order valence-electron chi connectivity index (χ3n) is 1.96. The molecular formula is C10H10Cl2N2O3. The number of benzene rings is 1. The van der Waals surface area contributed by atoms with Gasteiger partial charge in [-0.15, -0.1) is 0 Å². The van der Waals surface area contributed by atoms with Gasteiger partial charge in [-0.1, -0.05) is 23.2 Å². The summed E-state index contributed by atoms with van der Waals surface area (Å²) in [6.07, 6.45) is 0. The van der Waals surface area contributed by atoms with Crippen LogP contribution in [0.3, 0.4) is 0 Å². The molecule has 1 aromatic rings. The molecule has 7 heteroatoms. The summed E-state index contributed by atoms with van der Waals surface area (Å²) in [6.45, 7) is 0. The fourth-order valence-corrected chi connectivity index (χ4v) is 1.54. The zero-order chi connectivity index (χ0) is 13.2. The summed E-state index contributed by atoms with van der Waals surface area (Å²) in [5.41, 5.74) is -0.236. The Balaban J connectivity index is 3.26. The van der Waals surface area contributed by atoms with Gasteiger partial charge in [-0.3, -0.25) is 0 Å². The smallest absolute Gasteiger partial charge is 0.339 e. The number of amides is 2. The third-order valence-corrected chi connectivity index (χ3v) is 2.59. The van der Waals surface area contributed by atoms with Crippen LogP contribution < -0.4 is 5.32 Å². The Labute approximate surface area is 108 Å². The lowest BCUT2D eigenvalue weighted by molar-refractivity contribution is 0.0698. The van der Waals surface area contributed by atoms with Gasteiger partial charge in [0.25, 0.3) is 0 Å². The van der Waals surface area contributed by atoms with Crippen LogP contribution in [0, 0.1) is 0 Å². The monoisotopic (exact) mass is 276 g/mol. The number of rotatable bonds is 2. The van der Waals surface area contributed by atoms with Crippen LogP contribution in [-0.2, 0) is 0 Å². The van der Waals surface area contributed by atoms with E-state index in [2.05, 4.69) is 5.32 Å². The number of urea groups is 1. The second-order valence-corrected chi connectivity index (χ2v) is 4.22. The average Bonchev–Trinajstić information content (AvgIpc) is 2.22. The first-order valence-corrected chi connectivity index (χ1v) is 5.29. The first kappa shape index (κ1) is 13.6. The van der Waals surface area contributed by atoms with Gasteiger partial charge in [-0.05, 0) is 12.1 Å². The van der Waals surface area contributed by atoms with Gasteiger partial charge in [0.05, 0.1) is 15.7 Å². The van der Waals surface area contributed by atoms with Gasteiger partial charge in [0.1, 0.15) is 5.56 Å². The molecule has 0 aliphatic rings. The van der Waals surface area contributed by atoms with Crippen molar-refractivity contribution in [2.24, 2.45) is 0 Å². The van der Waals surface area contributed by atoms with E-state index < -0.39 is 12.0 Å². The molecule has 92 valence electrons. The highest BCUT2D eigenvalue weighted by Crippen LogP contribution is 2.31. The van der Waals surface area contributed by atoms with Crippen LogP contribution in [0.1, 0.15) is 10.4 Å². The minimum absolute atomic E-state index is 0.00892. The molecule has 2 amide bonds. The van der Waals surface area contributed by atoms with Crippen LogP contribution in [0.2, 0.25) is 10.0 Å². The first-order valence-electron chi connectivity index (χ1n) is 4.54. The quantitative estimate of drug-likeness (QED) is 0.873. The Morgan fingerprint density at radius 3 is 2.24 bits per heavy atom. The normalized spacial score (nSPS) is 9.88. The molecule has 0 saturated heterocycles. The Bertz CT molecular complexity index is 475. The van der Waals surface area contributed by atoms with E-state index in [1.54, 1.807) is 0 Å². The van der Waals surface area contributed by atoms with Gasteiger partial charge in [-0.25, -0.2) is 9.59 Å². The van der Waals surface area contributed by atoms with Gasteiger partial charge in [0, 0.05) is 14.1 Å². The number of carboxylic acid groups (broad SMARTS) is 1. The van der Waals surface area contributed by atoms with Crippen LogP contribution in [0.5, 0.6) is 0 Å². The molecule has 5 nitrogen and oxygen atoms in total. The van der Waals surface area contributed by atoms with Crippen molar-refractivity contribution < 1.29 is 14.7 Å². The Morgan fingerprint density at radius 1 is 1.24 bits per heavy atom. The van der Waals surface area contributed by atoms with E-state index in [1.165, 1.54) is 31.1 Å².